The molecule has 0 aromatic carbocycles. The number of nitrogens with one attached hydrogen (secondary N) is 1. The summed E-state index contributed by atoms with van der Waals surface area (Å²) in [6.07, 6.45) is 11.3. The largest absolute Gasteiger partial charge is 0.387 e. The predicted molar refractivity (Wildman–Crippen MR) is 58.4 cm³/mol. The van der Waals surface area contributed by atoms with Gasteiger partial charge >= 0.3 is 0 Å². The van der Waals surface area contributed by atoms with E-state index >= 15 is 0 Å². The van der Waals surface area contributed by atoms with E-state index in [-0.39, 0.29) is 0 Å². The Labute approximate surface area is 86.3 Å². The molecule has 0 amide bonds. The highest BCUT2D eigenvalue weighted by molar-refractivity contribution is 4.99. The summed E-state index contributed by atoms with van der Waals surface area (Å²) in [5, 5.41) is 12.0. The van der Waals surface area contributed by atoms with Crippen molar-refractivity contribution >= 4 is 0 Å². The lowest BCUT2D eigenvalue weighted by atomic mass is 9.96. The van der Waals surface area contributed by atoms with Crippen LogP contribution in [0.2, 0.25) is 0 Å². The van der Waals surface area contributed by atoms with Gasteiger partial charge in [-0.05, 0) is 31.0 Å². The van der Waals surface area contributed by atoms with Gasteiger partial charge < -0.3 is 5.32 Å². The lowest BCUT2D eigenvalue weighted by molar-refractivity contribution is 0.395. The lowest BCUT2D eigenvalue weighted by Crippen LogP contribution is -2.30. The van der Waals surface area contributed by atoms with Crippen molar-refractivity contribution in [3.05, 3.63) is 24.9 Å². The topological polar surface area (TPSA) is 35.8 Å². The van der Waals surface area contributed by atoms with Crippen LogP contribution in [0.1, 0.15) is 32.1 Å². The summed E-state index contributed by atoms with van der Waals surface area (Å²) in [6, 6.07) is 2.58. The molecule has 0 unspecified atom stereocenters. The Morgan fingerprint density at radius 2 is 2.21 bits per heavy atom. The van der Waals surface area contributed by atoms with Crippen LogP contribution in [-0.4, -0.2) is 6.04 Å². The van der Waals surface area contributed by atoms with Crippen LogP contribution in [0.4, 0.5) is 0 Å². The zero-order valence-electron chi connectivity index (χ0n) is 8.58. The van der Waals surface area contributed by atoms with Crippen LogP contribution >= 0.6 is 0 Å². The van der Waals surface area contributed by atoms with Crippen LogP contribution in [0.15, 0.2) is 24.9 Å². The first-order valence-corrected chi connectivity index (χ1v) is 5.29. The van der Waals surface area contributed by atoms with Gasteiger partial charge in [-0.1, -0.05) is 25.5 Å². The number of hydrogen-bond acceptors (Lipinski definition) is 2. The van der Waals surface area contributed by atoms with E-state index < -0.39 is 0 Å². The summed E-state index contributed by atoms with van der Waals surface area (Å²) in [5.41, 5.74) is 0. The van der Waals surface area contributed by atoms with Crippen molar-refractivity contribution in [3.63, 3.8) is 0 Å². The number of allylic oxidation sites excluding steroid dienone is 2. The molecule has 1 atom stereocenters. The van der Waals surface area contributed by atoms with Gasteiger partial charge in [0.1, 0.15) is 0 Å². The Kier molecular flexibility index (Phi) is 4.85. The van der Waals surface area contributed by atoms with Crippen LogP contribution in [0, 0.1) is 17.2 Å². The highest BCUT2D eigenvalue weighted by Crippen LogP contribution is 2.28. The number of nitriles is 1. The van der Waals surface area contributed by atoms with Crippen LogP contribution in [0.3, 0.4) is 0 Å². The molecule has 0 heterocycles. The van der Waals surface area contributed by atoms with E-state index in [1.54, 1.807) is 6.08 Å². The average molecular weight is 190 g/mol. The SMILES string of the molecule is C=C/C=C\N[C@H](CC#N)C1CCCC1. The van der Waals surface area contributed by atoms with Crippen LogP contribution in [0.5, 0.6) is 0 Å². The summed E-state index contributed by atoms with van der Waals surface area (Å²) in [4.78, 5) is 0. The molecule has 2 heteroatoms. The molecule has 0 bridgehead atoms. The van der Waals surface area contributed by atoms with Crippen LogP contribution in [-0.2, 0) is 0 Å². The molecule has 1 aliphatic rings. The smallest absolute Gasteiger partial charge is 0.0643 e. The Hall–Kier alpha value is -1.23. The monoisotopic (exact) mass is 190 g/mol. The van der Waals surface area contributed by atoms with Crippen molar-refractivity contribution in [3.8, 4) is 6.07 Å². The summed E-state index contributed by atoms with van der Waals surface area (Å²) >= 11 is 0. The molecule has 0 aromatic heterocycles. The second kappa shape index (κ2) is 6.26. The highest BCUT2D eigenvalue weighted by Gasteiger charge is 2.23. The van der Waals surface area contributed by atoms with Crippen molar-refractivity contribution in [2.75, 3.05) is 0 Å². The molecule has 0 saturated heterocycles. The number of hydrogen-bond donors (Lipinski definition) is 1. The molecule has 1 rings (SSSR count). The maximum Gasteiger partial charge on any atom is 0.0643 e. The van der Waals surface area contributed by atoms with Gasteiger partial charge in [0, 0.05) is 6.04 Å². The summed E-state index contributed by atoms with van der Waals surface area (Å²) in [7, 11) is 0. The molecule has 0 aromatic rings. The normalized spacial score (nSPS) is 19.4. The molecule has 1 fully saturated rings. The van der Waals surface area contributed by atoms with Crippen molar-refractivity contribution in [1.82, 2.24) is 5.32 Å². The second-order valence-electron chi connectivity index (χ2n) is 3.77. The van der Waals surface area contributed by atoms with Gasteiger partial charge in [-0.25, -0.2) is 0 Å². The molecule has 1 aliphatic carbocycles. The average Bonchev–Trinajstić information content (AvgIpc) is 2.70. The van der Waals surface area contributed by atoms with E-state index in [4.69, 9.17) is 5.26 Å². The van der Waals surface area contributed by atoms with E-state index in [9.17, 15) is 0 Å². The Morgan fingerprint density at radius 3 is 2.79 bits per heavy atom. The van der Waals surface area contributed by atoms with Gasteiger partial charge in [0.05, 0.1) is 12.5 Å². The van der Waals surface area contributed by atoms with E-state index in [1.165, 1.54) is 25.7 Å². The summed E-state index contributed by atoms with van der Waals surface area (Å²) < 4.78 is 0. The molecule has 1 N–H and O–H groups in total. The van der Waals surface area contributed by atoms with Gasteiger partial charge in [-0.3, -0.25) is 0 Å². The zero-order chi connectivity index (χ0) is 10.2. The van der Waals surface area contributed by atoms with Crippen molar-refractivity contribution in [2.24, 2.45) is 5.92 Å². The zero-order valence-corrected chi connectivity index (χ0v) is 8.58. The molecular weight excluding hydrogens is 172 g/mol. The minimum absolute atomic E-state index is 0.332. The first kappa shape index (κ1) is 10.8. The van der Waals surface area contributed by atoms with E-state index in [0.717, 1.165) is 0 Å². The first-order valence-electron chi connectivity index (χ1n) is 5.29. The Balaban J connectivity index is 2.41. The maximum atomic E-state index is 8.72. The van der Waals surface area contributed by atoms with Crippen molar-refractivity contribution in [2.45, 2.75) is 38.1 Å². The Bertz CT molecular complexity index is 231. The molecule has 1 saturated carbocycles. The minimum atomic E-state index is 0.332. The predicted octanol–water partition coefficient (Wildman–Crippen LogP) is 2.75. The van der Waals surface area contributed by atoms with E-state index in [0.29, 0.717) is 18.4 Å². The van der Waals surface area contributed by atoms with Gasteiger partial charge in [0.2, 0.25) is 0 Å². The molecular formula is C12H18N2. The molecule has 0 radical (unpaired) electrons. The lowest BCUT2D eigenvalue weighted by Gasteiger charge is -2.20. The van der Waals surface area contributed by atoms with Gasteiger partial charge in [0.25, 0.3) is 0 Å². The fourth-order valence-corrected chi connectivity index (χ4v) is 2.07. The van der Waals surface area contributed by atoms with Crippen molar-refractivity contribution in [1.29, 1.82) is 5.26 Å². The van der Waals surface area contributed by atoms with Gasteiger partial charge in [0.15, 0.2) is 0 Å². The molecule has 0 spiro atoms. The van der Waals surface area contributed by atoms with E-state index in [1.807, 2.05) is 12.3 Å². The van der Waals surface area contributed by atoms with Crippen molar-refractivity contribution < 1.29 is 0 Å². The standard InChI is InChI=1S/C12H18N2/c1-2-3-10-14-12(8-9-13)11-6-4-5-7-11/h2-3,10-12,14H,1,4-8H2/b10-3-/t12-/m1/s1. The fraction of sp³-hybridized carbons (Fsp3) is 0.583. The quantitative estimate of drug-likeness (QED) is 0.677. The molecule has 14 heavy (non-hydrogen) atoms. The van der Waals surface area contributed by atoms with Crippen LogP contribution in [0.25, 0.3) is 0 Å². The minimum Gasteiger partial charge on any atom is -0.387 e. The van der Waals surface area contributed by atoms with Crippen LogP contribution < -0.4 is 5.32 Å². The number of nitrogens with zero attached hydrogens (tertiary/aromatic N) is 1. The number of rotatable bonds is 5. The molecule has 0 aliphatic heterocycles. The third kappa shape index (κ3) is 3.26. The summed E-state index contributed by atoms with van der Waals surface area (Å²) in [5.74, 6) is 0.684. The molecule has 2 nitrogen and oxygen atoms in total. The summed E-state index contributed by atoms with van der Waals surface area (Å²) in [6.45, 7) is 3.61. The maximum absolute atomic E-state index is 8.72. The second-order valence-corrected chi connectivity index (χ2v) is 3.77. The highest BCUT2D eigenvalue weighted by atomic mass is 14.9. The molecule has 76 valence electrons. The van der Waals surface area contributed by atoms with E-state index in [2.05, 4.69) is 18.0 Å². The first-order chi connectivity index (χ1) is 6.88. The third-order valence-corrected chi connectivity index (χ3v) is 2.82. The Morgan fingerprint density at radius 1 is 1.50 bits per heavy atom. The fourth-order valence-electron chi connectivity index (χ4n) is 2.07. The van der Waals surface area contributed by atoms with Gasteiger partial charge in [-0.2, -0.15) is 5.26 Å². The third-order valence-electron chi connectivity index (χ3n) is 2.82. The van der Waals surface area contributed by atoms with Gasteiger partial charge in [-0.15, -0.1) is 0 Å².